The summed E-state index contributed by atoms with van der Waals surface area (Å²) in [5.41, 5.74) is 2.20. The zero-order chi connectivity index (χ0) is 28.8. The highest BCUT2D eigenvalue weighted by Crippen LogP contribution is 2.45. The van der Waals surface area contributed by atoms with Crippen LogP contribution in [0.15, 0.2) is 61.4 Å². The number of rotatable bonds is 11. The van der Waals surface area contributed by atoms with Crippen molar-refractivity contribution < 1.29 is 19.0 Å². The third-order valence-electron chi connectivity index (χ3n) is 5.94. The minimum atomic E-state index is -0.344. The molecule has 0 aliphatic rings. The number of carbonyl (C=O) groups is 1. The van der Waals surface area contributed by atoms with Gasteiger partial charge in [0, 0.05) is 47.4 Å². The van der Waals surface area contributed by atoms with Crippen molar-refractivity contribution in [2.75, 3.05) is 52.1 Å². The van der Waals surface area contributed by atoms with Gasteiger partial charge in [0.05, 0.1) is 41.3 Å². The number of amides is 1. The van der Waals surface area contributed by atoms with E-state index in [0.717, 1.165) is 17.3 Å². The highest BCUT2D eigenvalue weighted by molar-refractivity contribution is 6.41. The van der Waals surface area contributed by atoms with E-state index < -0.39 is 0 Å². The number of nitrogens with zero attached hydrogens (tertiary/aromatic N) is 3. The molecule has 0 aliphatic carbocycles. The number of hydrogen-bond acceptors (Lipinski definition) is 8. The maximum Gasteiger partial charge on any atom is 0.247 e. The molecule has 1 amide bonds. The molecule has 0 bridgehead atoms. The zero-order valence-electron chi connectivity index (χ0n) is 22.5. The van der Waals surface area contributed by atoms with Crippen LogP contribution in [0.5, 0.6) is 17.2 Å². The van der Waals surface area contributed by atoms with Crippen molar-refractivity contribution in [2.45, 2.75) is 0 Å². The first kappa shape index (κ1) is 28.9. The number of benzene rings is 2. The van der Waals surface area contributed by atoms with Crippen LogP contribution in [0.4, 0.5) is 17.2 Å². The van der Waals surface area contributed by atoms with E-state index in [4.69, 9.17) is 37.4 Å². The second kappa shape index (κ2) is 12.9. The lowest BCUT2D eigenvalue weighted by Gasteiger charge is -2.16. The fourth-order valence-electron chi connectivity index (χ4n) is 3.85. The van der Waals surface area contributed by atoms with E-state index in [1.165, 1.54) is 20.3 Å². The average Bonchev–Trinajstić information content (AvgIpc) is 2.94. The van der Waals surface area contributed by atoms with Crippen molar-refractivity contribution in [2.24, 2.45) is 0 Å². The highest BCUT2D eigenvalue weighted by Gasteiger charge is 2.20. The number of hydrogen-bond donors (Lipinski definition) is 2. The van der Waals surface area contributed by atoms with Gasteiger partial charge in [-0.2, -0.15) is 0 Å². The van der Waals surface area contributed by atoms with E-state index in [0.29, 0.717) is 62.4 Å². The van der Waals surface area contributed by atoms with Gasteiger partial charge in [-0.1, -0.05) is 29.8 Å². The lowest BCUT2D eigenvalue weighted by Crippen LogP contribution is -2.19. The Morgan fingerprint density at radius 1 is 0.975 bits per heavy atom. The molecule has 2 aromatic carbocycles. The second-order valence-electron chi connectivity index (χ2n) is 8.95. The van der Waals surface area contributed by atoms with E-state index in [-0.39, 0.29) is 5.91 Å². The monoisotopic (exact) mass is 581 g/mol. The fourth-order valence-corrected chi connectivity index (χ4v) is 4.54. The number of likely N-dealkylation sites (N-methyl/N-ethyl adjacent to an activating group) is 1. The molecule has 2 heterocycles. The Labute approximate surface area is 242 Å². The SMILES string of the molecule is C=CC(=O)Nc1cc(OCCN(C)C)ccc1Nc1cc2cnc(-c3c(Cl)c(OC)cc(OC)c3Cl)cc2cn1. The van der Waals surface area contributed by atoms with Gasteiger partial charge < -0.3 is 29.7 Å². The molecule has 0 saturated heterocycles. The van der Waals surface area contributed by atoms with Gasteiger partial charge in [-0.15, -0.1) is 0 Å². The van der Waals surface area contributed by atoms with Crippen LogP contribution in [0.2, 0.25) is 10.0 Å². The summed E-state index contributed by atoms with van der Waals surface area (Å²) >= 11 is 13.2. The summed E-state index contributed by atoms with van der Waals surface area (Å²) in [7, 11) is 6.98. The summed E-state index contributed by atoms with van der Waals surface area (Å²) in [6.07, 6.45) is 4.62. The van der Waals surface area contributed by atoms with Crippen molar-refractivity contribution in [1.29, 1.82) is 0 Å². The molecule has 208 valence electrons. The van der Waals surface area contributed by atoms with E-state index >= 15 is 0 Å². The number of anilines is 3. The smallest absolute Gasteiger partial charge is 0.247 e. The first-order valence-corrected chi connectivity index (χ1v) is 13.0. The second-order valence-corrected chi connectivity index (χ2v) is 9.70. The van der Waals surface area contributed by atoms with Gasteiger partial charge in [0.15, 0.2) is 0 Å². The number of fused-ring (bicyclic) bond motifs is 1. The maximum absolute atomic E-state index is 12.1. The summed E-state index contributed by atoms with van der Waals surface area (Å²) in [6.45, 7) is 4.80. The highest BCUT2D eigenvalue weighted by atomic mass is 35.5. The lowest BCUT2D eigenvalue weighted by atomic mass is 10.1. The molecule has 0 saturated carbocycles. The maximum atomic E-state index is 12.1. The van der Waals surface area contributed by atoms with Crippen LogP contribution in [0.25, 0.3) is 22.0 Å². The first-order chi connectivity index (χ1) is 19.2. The van der Waals surface area contributed by atoms with Crippen LogP contribution in [-0.4, -0.2) is 62.2 Å². The van der Waals surface area contributed by atoms with Gasteiger partial charge >= 0.3 is 0 Å². The van der Waals surface area contributed by atoms with E-state index in [1.54, 1.807) is 24.5 Å². The Morgan fingerprint density at radius 3 is 2.30 bits per heavy atom. The van der Waals surface area contributed by atoms with Gasteiger partial charge in [-0.3, -0.25) is 9.78 Å². The molecule has 4 rings (SSSR count). The minimum absolute atomic E-state index is 0.328. The van der Waals surface area contributed by atoms with Crippen molar-refractivity contribution >= 4 is 57.1 Å². The Bertz CT molecular complexity index is 1530. The standard InChI is InChI=1S/C29H29Cl2N5O4/c1-6-26(37)35-21-13-19(40-10-9-36(2)3)7-8-20(21)34-25-12-18-15-32-22(11-17(18)16-33-25)27-28(30)23(38-4)14-24(39-5)29(27)31/h6-8,11-16H,1,9-10H2,2-5H3,(H,33,34)(H,35,37). The van der Waals surface area contributed by atoms with Crippen LogP contribution >= 0.6 is 23.2 Å². The van der Waals surface area contributed by atoms with Crippen LogP contribution < -0.4 is 24.8 Å². The summed E-state index contributed by atoms with van der Waals surface area (Å²) < 4.78 is 16.6. The predicted octanol–water partition coefficient (Wildman–Crippen LogP) is 6.43. The van der Waals surface area contributed by atoms with Crippen molar-refractivity contribution in [3.05, 3.63) is 71.5 Å². The summed E-state index contributed by atoms with van der Waals surface area (Å²) in [4.78, 5) is 23.3. The number of carbonyl (C=O) groups excluding carboxylic acids is 1. The molecule has 40 heavy (non-hydrogen) atoms. The minimum Gasteiger partial charge on any atom is -0.495 e. The van der Waals surface area contributed by atoms with E-state index in [9.17, 15) is 4.79 Å². The average molecular weight is 582 g/mol. The number of ether oxygens (including phenoxy) is 3. The molecule has 0 radical (unpaired) electrons. The number of methoxy groups -OCH3 is 2. The number of pyridine rings is 2. The Kier molecular flexibility index (Phi) is 9.31. The lowest BCUT2D eigenvalue weighted by molar-refractivity contribution is -0.111. The topological polar surface area (TPSA) is 97.8 Å². The molecule has 2 aromatic heterocycles. The molecule has 2 N–H and O–H groups in total. The largest absolute Gasteiger partial charge is 0.495 e. The van der Waals surface area contributed by atoms with Gasteiger partial charge in [0.2, 0.25) is 5.91 Å². The third-order valence-corrected chi connectivity index (χ3v) is 6.69. The number of halogens is 2. The van der Waals surface area contributed by atoms with Gasteiger partial charge in [0.25, 0.3) is 0 Å². The molecule has 4 aromatic rings. The molecule has 11 heteroatoms. The third kappa shape index (κ3) is 6.56. The summed E-state index contributed by atoms with van der Waals surface area (Å²) in [5, 5.41) is 8.37. The van der Waals surface area contributed by atoms with Crippen molar-refractivity contribution in [3.8, 4) is 28.5 Å². The van der Waals surface area contributed by atoms with Gasteiger partial charge in [-0.05, 0) is 44.4 Å². The van der Waals surface area contributed by atoms with Gasteiger partial charge in [0.1, 0.15) is 29.7 Å². The normalized spacial score (nSPS) is 10.9. The quantitative estimate of drug-likeness (QED) is 0.195. The van der Waals surface area contributed by atoms with E-state index in [1.807, 2.05) is 43.3 Å². The molecule has 9 nitrogen and oxygen atoms in total. The van der Waals surface area contributed by atoms with Crippen LogP contribution in [0.1, 0.15) is 0 Å². The van der Waals surface area contributed by atoms with Crippen LogP contribution in [0, 0.1) is 0 Å². The van der Waals surface area contributed by atoms with Crippen molar-refractivity contribution in [3.63, 3.8) is 0 Å². The van der Waals surface area contributed by atoms with E-state index in [2.05, 4.69) is 27.2 Å². The number of nitrogens with one attached hydrogen (secondary N) is 2. The van der Waals surface area contributed by atoms with Gasteiger partial charge in [-0.25, -0.2) is 4.98 Å². The molecular formula is C29H29Cl2N5O4. The molecule has 0 spiro atoms. The molecule has 0 fully saturated rings. The van der Waals surface area contributed by atoms with Crippen LogP contribution in [-0.2, 0) is 4.79 Å². The summed E-state index contributed by atoms with van der Waals surface area (Å²) in [5.74, 6) is 1.68. The zero-order valence-corrected chi connectivity index (χ0v) is 24.1. The Balaban J connectivity index is 1.64. The Morgan fingerprint density at radius 2 is 1.65 bits per heavy atom. The Hall–Kier alpha value is -4.05. The molecule has 0 aliphatic heterocycles. The van der Waals surface area contributed by atoms with Crippen LogP contribution in [0.3, 0.4) is 0 Å². The summed E-state index contributed by atoms with van der Waals surface area (Å²) in [6, 6.07) is 10.7. The van der Waals surface area contributed by atoms with Crippen molar-refractivity contribution in [1.82, 2.24) is 14.9 Å². The molecule has 0 atom stereocenters. The number of aromatic nitrogens is 2. The molecule has 0 unspecified atom stereocenters. The fraction of sp³-hybridized carbons (Fsp3) is 0.207. The molecular weight excluding hydrogens is 553 g/mol. The predicted molar refractivity (Wildman–Crippen MR) is 161 cm³/mol. The first-order valence-electron chi connectivity index (χ1n) is 12.2.